The molecule has 0 unspecified atom stereocenters. The minimum atomic E-state index is -0.0990. The Morgan fingerprint density at radius 3 is 3.00 bits per heavy atom. The molecule has 0 bridgehead atoms. The monoisotopic (exact) mass is 250 g/mol. The van der Waals surface area contributed by atoms with Crippen LogP contribution in [0.2, 0.25) is 0 Å². The SMILES string of the molecule is O=C(CBr)NCc1csc(=O)[nH]1. The minimum Gasteiger partial charge on any atom is -0.350 e. The highest BCUT2D eigenvalue weighted by Crippen LogP contribution is 1.94. The lowest BCUT2D eigenvalue weighted by atomic mass is 10.5. The lowest BCUT2D eigenvalue weighted by Crippen LogP contribution is -2.23. The van der Waals surface area contributed by atoms with Crippen molar-refractivity contribution in [3.05, 3.63) is 20.7 Å². The van der Waals surface area contributed by atoms with E-state index >= 15 is 0 Å². The molecule has 1 aromatic rings. The number of rotatable bonds is 3. The van der Waals surface area contributed by atoms with E-state index in [-0.39, 0.29) is 16.1 Å². The molecule has 0 aliphatic carbocycles. The highest BCUT2D eigenvalue weighted by atomic mass is 79.9. The van der Waals surface area contributed by atoms with Gasteiger partial charge in [0.15, 0.2) is 0 Å². The largest absolute Gasteiger partial charge is 0.350 e. The van der Waals surface area contributed by atoms with Gasteiger partial charge in [-0.15, -0.1) is 0 Å². The number of thiazole rings is 1. The summed E-state index contributed by atoms with van der Waals surface area (Å²) < 4.78 is 0. The molecule has 6 heteroatoms. The molecule has 0 aliphatic rings. The molecule has 1 rings (SSSR count). The number of hydrogen-bond acceptors (Lipinski definition) is 3. The summed E-state index contributed by atoms with van der Waals surface area (Å²) in [6, 6.07) is 0. The summed E-state index contributed by atoms with van der Waals surface area (Å²) in [5.41, 5.74) is 0.735. The molecule has 0 spiro atoms. The molecule has 0 saturated carbocycles. The maximum Gasteiger partial charge on any atom is 0.304 e. The van der Waals surface area contributed by atoms with Gasteiger partial charge in [-0.3, -0.25) is 9.59 Å². The van der Waals surface area contributed by atoms with Gasteiger partial charge in [0.1, 0.15) is 0 Å². The standard InChI is InChI=1S/C6H7BrN2O2S/c7-1-5(10)8-2-4-3-12-6(11)9-4/h3H,1-2H2,(H,8,10)(H,9,11). The quantitative estimate of drug-likeness (QED) is 0.766. The Hall–Kier alpha value is -0.620. The van der Waals surface area contributed by atoms with Crippen LogP contribution in [0.5, 0.6) is 0 Å². The van der Waals surface area contributed by atoms with Crippen molar-refractivity contribution in [1.29, 1.82) is 0 Å². The Bertz CT molecular complexity index is 319. The predicted octanol–water partition coefficient (Wildman–Crippen LogP) is 0.448. The summed E-state index contributed by atoms with van der Waals surface area (Å²) >= 11 is 4.10. The van der Waals surface area contributed by atoms with Crippen LogP contribution >= 0.6 is 27.3 Å². The number of halogens is 1. The number of hydrogen-bond donors (Lipinski definition) is 2. The fraction of sp³-hybridized carbons (Fsp3) is 0.333. The summed E-state index contributed by atoms with van der Waals surface area (Å²) in [5.74, 6) is -0.0953. The maximum atomic E-state index is 10.7. The lowest BCUT2D eigenvalue weighted by Gasteiger charge is -1.98. The first kappa shape index (κ1) is 9.47. The normalized spacial score (nSPS) is 9.75. The van der Waals surface area contributed by atoms with Crippen molar-refractivity contribution < 1.29 is 4.79 Å². The summed E-state index contributed by atoms with van der Waals surface area (Å²) in [4.78, 5) is 23.9. The van der Waals surface area contributed by atoms with E-state index in [0.717, 1.165) is 17.0 Å². The van der Waals surface area contributed by atoms with Crippen LogP contribution in [0, 0.1) is 0 Å². The third kappa shape index (κ3) is 2.78. The highest BCUT2D eigenvalue weighted by Gasteiger charge is 1.99. The summed E-state index contributed by atoms with van der Waals surface area (Å²) in [6.07, 6.45) is 0. The molecule has 4 nitrogen and oxygen atoms in total. The van der Waals surface area contributed by atoms with Crippen LogP contribution < -0.4 is 10.2 Å². The van der Waals surface area contributed by atoms with Gasteiger partial charge in [-0.1, -0.05) is 27.3 Å². The predicted molar refractivity (Wildman–Crippen MR) is 50.6 cm³/mol. The number of carbonyl (C=O) groups is 1. The van der Waals surface area contributed by atoms with Gasteiger partial charge in [0.25, 0.3) is 0 Å². The molecule has 0 fully saturated rings. The Balaban J connectivity index is 2.43. The Morgan fingerprint density at radius 2 is 2.50 bits per heavy atom. The molecule has 1 amide bonds. The smallest absolute Gasteiger partial charge is 0.304 e. The van der Waals surface area contributed by atoms with Gasteiger partial charge in [-0.2, -0.15) is 0 Å². The van der Waals surface area contributed by atoms with Crippen molar-refractivity contribution in [3.63, 3.8) is 0 Å². The molecule has 1 heterocycles. The summed E-state index contributed by atoms with van der Waals surface area (Å²) in [7, 11) is 0. The second kappa shape index (κ2) is 4.42. The minimum absolute atomic E-state index is 0.0953. The Morgan fingerprint density at radius 1 is 1.75 bits per heavy atom. The topological polar surface area (TPSA) is 62.0 Å². The average molecular weight is 251 g/mol. The van der Waals surface area contributed by atoms with E-state index < -0.39 is 0 Å². The van der Waals surface area contributed by atoms with E-state index in [2.05, 4.69) is 26.2 Å². The number of aromatic amines is 1. The van der Waals surface area contributed by atoms with E-state index in [4.69, 9.17) is 0 Å². The van der Waals surface area contributed by atoms with E-state index in [1.54, 1.807) is 5.38 Å². The van der Waals surface area contributed by atoms with Gasteiger partial charge < -0.3 is 10.3 Å². The zero-order valence-corrected chi connectivity index (χ0v) is 8.50. The molecule has 0 radical (unpaired) electrons. The Kier molecular flexibility index (Phi) is 3.48. The van der Waals surface area contributed by atoms with E-state index in [1.807, 2.05) is 0 Å². The molecule has 2 N–H and O–H groups in total. The van der Waals surface area contributed by atoms with E-state index in [9.17, 15) is 9.59 Å². The van der Waals surface area contributed by atoms with Gasteiger partial charge in [0, 0.05) is 11.1 Å². The zero-order valence-electron chi connectivity index (χ0n) is 6.09. The number of carbonyl (C=O) groups excluding carboxylic acids is 1. The first-order chi connectivity index (χ1) is 5.72. The summed E-state index contributed by atoms with van der Waals surface area (Å²) in [5, 5.41) is 4.58. The van der Waals surface area contributed by atoms with Crippen molar-refractivity contribution >= 4 is 33.2 Å². The zero-order chi connectivity index (χ0) is 8.97. The second-order valence-electron chi connectivity index (χ2n) is 2.08. The van der Waals surface area contributed by atoms with E-state index in [1.165, 1.54) is 0 Å². The third-order valence-electron chi connectivity index (χ3n) is 1.17. The number of H-pyrrole nitrogens is 1. The van der Waals surface area contributed by atoms with Gasteiger partial charge in [-0.25, -0.2) is 0 Å². The molecular formula is C6H7BrN2O2S. The molecule has 12 heavy (non-hydrogen) atoms. The van der Waals surface area contributed by atoms with Gasteiger partial charge in [0.05, 0.1) is 11.9 Å². The highest BCUT2D eigenvalue weighted by molar-refractivity contribution is 9.09. The average Bonchev–Trinajstić information content (AvgIpc) is 2.47. The van der Waals surface area contributed by atoms with Crippen molar-refractivity contribution in [2.45, 2.75) is 6.54 Å². The molecule has 1 aromatic heterocycles. The number of alkyl halides is 1. The van der Waals surface area contributed by atoms with Crippen molar-refractivity contribution in [2.24, 2.45) is 0 Å². The van der Waals surface area contributed by atoms with Crippen LogP contribution in [0.25, 0.3) is 0 Å². The van der Waals surface area contributed by atoms with Crippen LogP contribution in [-0.4, -0.2) is 16.2 Å². The molecule has 0 aliphatic heterocycles. The fourth-order valence-electron chi connectivity index (χ4n) is 0.642. The molecule has 0 saturated heterocycles. The molecule has 0 aromatic carbocycles. The lowest BCUT2D eigenvalue weighted by molar-refractivity contribution is -0.118. The van der Waals surface area contributed by atoms with Crippen molar-refractivity contribution in [2.75, 3.05) is 5.33 Å². The van der Waals surface area contributed by atoms with Crippen molar-refractivity contribution in [3.8, 4) is 0 Å². The van der Waals surface area contributed by atoms with E-state index in [0.29, 0.717) is 6.54 Å². The second-order valence-corrected chi connectivity index (χ2v) is 3.49. The summed E-state index contributed by atoms with van der Waals surface area (Å²) in [6.45, 7) is 0.378. The van der Waals surface area contributed by atoms with Crippen LogP contribution in [-0.2, 0) is 11.3 Å². The third-order valence-corrected chi connectivity index (χ3v) is 2.40. The molecular weight excluding hydrogens is 244 g/mol. The number of aromatic nitrogens is 1. The van der Waals surface area contributed by atoms with Gasteiger partial charge in [0.2, 0.25) is 5.91 Å². The van der Waals surface area contributed by atoms with Gasteiger partial charge >= 0.3 is 4.87 Å². The number of nitrogens with one attached hydrogen (secondary N) is 2. The molecule has 0 atom stereocenters. The van der Waals surface area contributed by atoms with Crippen LogP contribution in [0.4, 0.5) is 0 Å². The van der Waals surface area contributed by atoms with Crippen molar-refractivity contribution in [1.82, 2.24) is 10.3 Å². The van der Waals surface area contributed by atoms with Crippen LogP contribution in [0.3, 0.4) is 0 Å². The first-order valence-corrected chi connectivity index (χ1v) is 5.22. The van der Waals surface area contributed by atoms with Crippen LogP contribution in [0.15, 0.2) is 10.2 Å². The molecule has 66 valence electrons. The fourth-order valence-corrected chi connectivity index (χ4v) is 1.42. The Labute approximate surface area is 81.1 Å². The first-order valence-electron chi connectivity index (χ1n) is 3.21. The maximum absolute atomic E-state index is 10.7. The van der Waals surface area contributed by atoms with Crippen LogP contribution in [0.1, 0.15) is 5.69 Å². The number of amides is 1. The van der Waals surface area contributed by atoms with Gasteiger partial charge in [-0.05, 0) is 0 Å².